The fraction of sp³-hybridized carbons (Fsp3) is 0.0769. The zero-order chi connectivity index (χ0) is 16.5. The number of halogens is 3. The second-order valence-corrected chi connectivity index (χ2v) is 4.26. The van der Waals surface area contributed by atoms with Crippen molar-refractivity contribution in [3.63, 3.8) is 0 Å². The first-order valence-electron chi connectivity index (χ1n) is 5.81. The summed E-state index contributed by atoms with van der Waals surface area (Å²) in [6.45, 7) is 0. The molecule has 0 aliphatic rings. The normalized spacial score (nSPS) is 11.2. The standard InChI is InChI=1S/C13H7F3N2O4/c14-13(15,16)12-10(5-2-6-11(12)18(21)22)8-3-1-4-9(7-8)17(19)20/h1-7H. The second kappa shape index (κ2) is 5.43. The molecular weight excluding hydrogens is 305 g/mol. The maximum Gasteiger partial charge on any atom is 0.423 e. The molecule has 2 aromatic rings. The van der Waals surface area contributed by atoms with E-state index in [0.29, 0.717) is 0 Å². The topological polar surface area (TPSA) is 86.3 Å². The van der Waals surface area contributed by atoms with E-state index in [1.54, 1.807) is 0 Å². The molecular formula is C13H7F3N2O4. The van der Waals surface area contributed by atoms with E-state index in [1.165, 1.54) is 12.1 Å². The molecule has 9 heteroatoms. The van der Waals surface area contributed by atoms with Crippen molar-refractivity contribution in [1.29, 1.82) is 0 Å². The van der Waals surface area contributed by atoms with Crippen LogP contribution in [0.3, 0.4) is 0 Å². The minimum atomic E-state index is -4.97. The van der Waals surface area contributed by atoms with E-state index in [9.17, 15) is 33.4 Å². The van der Waals surface area contributed by atoms with E-state index in [4.69, 9.17) is 0 Å². The molecule has 0 aliphatic carbocycles. The van der Waals surface area contributed by atoms with Crippen molar-refractivity contribution in [3.8, 4) is 11.1 Å². The van der Waals surface area contributed by atoms with Gasteiger partial charge in [-0.3, -0.25) is 20.2 Å². The lowest BCUT2D eigenvalue weighted by Crippen LogP contribution is -2.11. The average molecular weight is 312 g/mol. The number of non-ortho nitro benzene ring substituents is 1. The van der Waals surface area contributed by atoms with Crippen LogP contribution in [0.5, 0.6) is 0 Å². The third-order valence-electron chi connectivity index (χ3n) is 2.89. The van der Waals surface area contributed by atoms with Crippen molar-refractivity contribution in [2.45, 2.75) is 6.18 Å². The van der Waals surface area contributed by atoms with E-state index in [-0.39, 0.29) is 5.56 Å². The lowest BCUT2D eigenvalue weighted by atomic mass is 9.97. The molecule has 0 spiro atoms. The summed E-state index contributed by atoms with van der Waals surface area (Å²) in [4.78, 5) is 19.6. The van der Waals surface area contributed by atoms with Gasteiger partial charge >= 0.3 is 6.18 Å². The molecule has 0 saturated carbocycles. The molecule has 0 heterocycles. The highest BCUT2D eigenvalue weighted by Crippen LogP contribution is 2.42. The Morgan fingerprint density at radius 3 is 2.09 bits per heavy atom. The van der Waals surface area contributed by atoms with Gasteiger partial charge in [0, 0.05) is 23.8 Å². The smallest absolute Gasteiger partial charge is 0.258 e. The van der Waals surface area contributed by atoms with E-state index >= 15 is 0 Å². The first kappa shape index (κ1) is 15.4. The van der Waals surface area contributed by atoms with Gasteiger partial charge in [0.05, 0.1) is 9.85 Å². The maximum atomic E-state index is 13.2. The minimum absolute atomic E-state index is 0.120. The summed E-state index contributed by atoms with van der Waals surface area (Å²) in [5.41, 5.74) is -3.54. The van der Waals surface area contributed by atoms with Gasteiger partial charge in [-0.1, -0.05) is 24.3 Å². The van der Waals surface area contributed by atoms with Crippen LogP contribution in [-0.2, 0) is 6.18 Å². The SMILES string of the molecule is O=[N+]([O-])c1cccc(-c2cccc([N+](=O)[O-])c2C(F)(F)F)c1. The molecule has 0 atom stereocenters. The van der Waals surface area contributed by atoms with Gasteiger partial charge in [-0.05, 0) is 5.56 Å². The van der Waals surface area contributed by atoms with E-state index in [1.807, 2.05) is 0 Å². The summed E-state index contributed by atoms with van der Waals surface area (Å²) >= 11 is 0. The van der Waals surface area contributed by atoms with Crippen molar-refractivity contribution in [2.24, 2.45) is 0 Å². The minimum Gasteiger partial charge on any atom is -0.258 e. The number of hydrogen-bond donors (Lipinski definition) is 0. The Balaban J connectivity index is 2.76. The molecule has 0 fully saturated rings. The Morgan fingerprint density at radius 1 is 0.909 bits per heavy atom. The molecule has 0 N–H and O–H groups in total. The Bertz CT molecular complexity index is 759. The predicted octanol–water partition coefficient (Wildman–Crippen LogP) is 4.19. The Kier molecular flexibility index (Phi) is 3.81. The van der Waals surface area contributed by atoms with Crippen LogP contribution in [0.15, 0.2) is 42.5 Å². The molecule has 2 aromatic carbocycles. The fourth-order valence-electron chi connectivity index (χ4n) is 2.02. The van der Waals surface area contributed by atoms with E-state index in [0.717, 1.165) is 30.3 Å². The molecule has 114 valence electrons. The molecule has 0 aliphatic heterocycles. The number of hydrogen-bond acceptors (Lipinski definition) is 4. The second-order valence-electron chi connectivity index (χ2n) is 4.26. The zero-order valence-electron chi connectivity index (χ0n) is 10.7. The molecule has 0 amide bonds. The lowest BCUT2D eigenvalue weighted by molar-refractivity contribution is -0.388. The zero-order valence-corrected chi connectivity index (χ0v) is 10.7. The van der Waals surface area contributed by atoms with Crippen LogP contribution in [0.4, 0.5) is 24.5 Å². The van der Waals surface area contributed by atoms with Crippen LogP contribution < -0.4 is 0 Å². The molecule has 0 unspecified atom stereocenters. The third kappa shape index (κ3) is 2.87. The molecule has 22 heavy (non-hydrogen) atoms. The summed E-state index contributed by atoms with van der Waals surface area (Å²) < 4.78 is 39.5. The van der Waals surface area contributed by atoms with Crippen LogP contribution in [0, 0.1) is 20.2 Å². The highest BCUT2D eigenvalue weighted by atomic mass is 19.4. The number of nitrogens with zero attached hydrogens (tertiary/aromatic N) is 2. The van der Waals surface area contributed by atoms with Crippen molar-refractivity contribution >= 4 is 11.4 Å². The summed E-state index contributed by atoms with van der Waals surface area (Å²) in [6, 6.07) is 7.37. The molecule has 0 saturated heterocycles. The van der Waals surface area contributed by atoms with Gasteiger partial charge in [0.15, 0.2) is 0 Å². The molecule has 6 nitrogen and oxygen atoms in total. The van der Waals surface area contributed by atoms with Gasteiger partial charge in [0.2, 0.25) is 0 Å². The number of alkyl halides is 3. The van der Waals surface area contributed by atoms with Gasteiger partial charge in [-0.15, -0.1) is 0 Å². The summed E-state index contributed by atoms with van der Waals surface area (Å²) in [5, 5.41) is 21.5. The van der Waals surface area contributed by atoms with Gasteiger partial charge in [0.25, 0.3) is 11.4 Å². The van der Waals surface area contributed by atoms with Crippen LogP contribution in [0.25, 0.3) is 11.1 Å². The first-order valence-corrected chi connectivity index (χ1v) is 5.81. The average Bonchev–Trinajstić information content (AvgIpc) is 2.45. The molecule has 0 radical (unpaired) electrons. The van der Waals surface area contributed by atoms with Crippen LogP contribution >= 0.6 is 0 Å². The van der Waals surface area contributed by atoms with E-state index < -0.39 is 38.5 Å². The number of nitro benzene ring substituents is 2. The third-order valence-corrected chi connectivity index (χ3v) is 2.89. The lowest BCUT2D eigenvalue weighted by Gasteiger charge is -2.13. The van der Waals surface area contributed by atoms with Crippen LogP contribution in [0.2, 0.25) is 0 Å². The van der Waals surface area contributed by atoms with Gasteiger partial charge in [-0.2, -0.15) is 13.2 Å². The number of nitro groups is 2. The van der Waals surface area contributed by atoms with Crippen molar-refractivity contribution in [1.82, 2.24) is 0 Å². The highest BCUT2D eigenvalue weighted by Gasteiger charge is 2.41. The first-order chi connectivity index (χ1) is 10.2. The number of rotatable bonds is 3. The monoisotopic (exact) mass is 312 g/mol. The Hall–Kier alpha value is -2.97. The van der Waals surface area contributed by atoms with E-state index in [2.05, 4.69) is 0 Å². The summed E-state index contributed by atoms with van der Waals surface area (Å²) in [5.74, 6) is 0. The van der Waals surface area contributed by atoms with Crippen molar-refractivity contribution < 1.29 is 23.0 Å². The quantitative estimate of drug-likeness (QED) is 0.628. The van der Waals surface area contributed by atoms with Gasteiger partial charge < -0.3 is 0 Å². The molecule has 0 bridgehead atoms. The fourth-order valence-corrected chi connectivity index (χ4v) is 2.02. The van der Waals surface area contributed by atoms with Crippen LogP contribution in [0.1, 0.15) is 5.56 Å². The maximum absolute atomic E-state index is 13.2. The summed E-state index contributed by atoms with van der Waals surface area (Å²) in [6.07, 6.45) is -4.97. The van der Waals surface area contributed by atoms with Crippen molar-refractivity contribution in [2.75, 3.05) is 0 Å². The Morgan fingerprint density at radius 2 is 1.55 bits per heavy atom. The molecule has 2 rings (SSSR count). The number of benzene rings is 2. The van der Waals surface area contributed by atoms with Gasteiger partial charge in [0.1, 0.15) is 5.56 Å². The van der Waals surface area contributed by atoms with Crippen LogP contribution in [-0.4, -0.2) is 9.85 Å². The summed E-state index contributed by atoms with van der Waals surface area (Å²) in [7, 11) is 0. The van der Waals surface area contributed by atoms with Gasteiger partial charge in [-0.25, -0.2) is 0 Å². The van der Waals surface area contributed by atoms with Crippen molar-refractivity contribution in [3.05, 3.63) is 68.3 Å². The Labute approximate surface area is 121 Å². The largest absolute Gasteiger partial charge is 0.423 e. The predicted molar refractivity (Wildman–Crippen MR) is 70.2 cm³/mol. The molecule has 0 aromatic heterocycles. The highest BCUT2D eigenvalue weighted by molar-refractivity contribution is 5.74.